The van der Waals surface area contributed by atoms with Gasteiger partial charge in [0.1, 0.15) is 0 Å². The van der Waals surface area contributed by atoms with E-state index in [1.54, 1.807) is 0 Å². The summed E-state index contributed by atoms with van der Waals surface area (Å²) in [4.78, 5) is 1.53. The Bertz CT molecular complexity index is 206. The van der Waals surface area contributed by atoms with Gasteiger partial charge in [-0.3, -0.25) is 0 Å². The molecule has 0 aliphatic carbocycles. The van der Waals surface area contributed by atoms with Crippen molar-refractivity contribution >= 4 is 27.3 Å². The highest BCUT2D eigenvalue weighted by Crippen LogP contribution is 2.19. The van der Waals surface area contributed by atoms with Crippen LogP contribution < -0.4 is 0 Å². The third-order valence-corrected chi connectivity index (χ3v) is 4.15. The minimum atomic E-state index is 0.868. The molecule has 1 aromatic heterocycles. The van der Waals surface area contributed by atoms with E-state index in [0.717, 1.165) is 11.2 Å². The normalized spacial score (nSPS) is 13.1. The molecule has 0 N–H and O–H groups in total. The molecule has 74 valence electrons. The average Bonchev–Trinajstić information content (AvgIpc) is 2.64. The summed E-state index contributed by atoms with van der Waals surface area (Å²) in [5.74, 6) is 0.868. The van der Waals surface area contributed by atoms with Gasteiger partial charge in [-0.15, -0.1) is 11.3 Å². The Morgan fingerprint density at radius 2 is 2.31 bits per heavy atom. The van der Waals surface area contributed by atoms with Crippen molar-refractivity contribution in [2.24, 2.45) is 5.92 Å². The predicted molar refractivity (Wildman–Crippen MR) is 64.8 cm³/mol. The van der Waals surface area contributed by atoms with Crippen molar-refractivity contribution in [2.45, 2.75) is 32.6 Å². The Labute approximate surface area is 93.5 Å². The van der Waals surface area contributed by atoms with Crippen LogP contribution in [0.3, 0.4) is 0 Å². The number of hydrogen-bond donors (Lipinski definition) is 0. The van der Waals surface area contributed by atoms with Crippen LogP contribution in [-0.4, -0.2) is 5.33 Å². The highest BCUT2D eigenvalue weighted by atomic mass is 79.9. The van der Waals surface area contributed by atoms with Crippen LogP contribution in [0.25, 0.3) is 0 Å². The number of aryl methyl sites for hydroxylation is 1. The molecule has 0 aliphatic heterocycles. The van der Waals surface area contributed by atoms with Crippen LogP contribution in [0.1, 0.15) is 31.1 Å². The lowest BCUT2D eigenvalue weighted by atomic mass is 10.00. The zero-order valence-corrected chi connectivity index (χ0v) is 10.5. The Morgan fingerprint density at radius 3 is 2.85 bits per heavy atom. The second-order valence-corrected chi connectivity index (χ2v) is 5.11. The summed E-state index contributed by atoms with van der Waals surface area (Å²) in [6.45, 7) is 2.26. The molecule has 0 radical (unpaired) electrons. The Balaban J connectivity index is 2.23. The third kappa shape index (κ3) is 4.28. The van der Waals surface area contributed by atoms with E-state index in [2.05, 4.69) is 40.4 Å². The fourth-order valence-corrected chi connectivity index (χ4v) is 2.88. The van der Waals surface area contributed by atoms with Gasteiger partial charge in [-0.05, 0) is 36.6 Å². The average molecular weight is 261 g/mol. The quantitative estimate of drug-likeness (QED) is 0.662. The van der Waals surface area contributed by atoms with Gasteiger partial charge in [0.15, 0.2) is 0 Å². The molecular weight excluding hydrogens is 244 g/mol. The van der Waals surface area contributed by atoms with Crippen LogP contribution in [-0.2, 0) is 6.42 Å². The van der Waals surface area contributed by atoms with Crippen molar-refractivity contribution in [2.75, 3.05) is 5.33 Å². The lowest BCUT2D eigenvalue weighted by Crippen LogP contribution is -2.02. The van der Waals surface area contributed by atoms with Crippen molar-refractivity contribution in [1.29, 1.82) is 0 Å². The van der Waals surface area contributed by atoms with Gasteiger partial charge in [0.2, 0.25) is 0 Å². The topological polar surface area (TPSA) is 0 Å². The summed E-state index contributed by atoms with van der Waals surface area (Å²) in [6, 6.07) is 4.38. The van der Waals surface area contributed by atoms with Crippen molar-refractivity contribution < 1.29 is 0 Å². The van der Waals surface area contributed by atoms with E-state index in [4.69, 9.17) is 0 Å². The summed E-state index contributed by atoms with van der Waals surface area (Å²) in [6.07, 6.45) is 5.25. The second-order valence-electron chi connectivity index (χ2n) is 3.43. The molecule has 0 bridgehead atoms. The van der Waals surface area contributed by atoms with Crippen molar-refractivity contribution in [3.05, 3.63) is 22.4 Å². The fourth-order valence-electron chi connectivity index (χ4n) is 1.51. The SMILES string of the molecule is CCCC(CBr)CCc1cccs1. The lowest BCUT2D eigenvalue weighted by Gasteiger charge is -2.11. The van der Waals surface area contributed by atoms with Crippen LogP contribution in [0, 0.1) is 5.92 Å². The second kappa shape index (κ2) is 6.61. The molecule has 1 rings (SSSR count). The van der Waals surface area contributed by atoms with Crippen molar-refractivity contribution in [3.63, 3.8) is 0 Å². The molecule has 1 heterocycles. The van der Waals surface area contributed by atoms with Gasteiger partial charge in [0.05, 0.1) is 0 Å². The van der Waals surface area contributed by atoms with Crippen LogP contribution in [0.5, 0.6) is 0 Å². The highest BCUT2D eigenvalue weighted by molar-refractivity contribution is 9.09. The first-order valence-corrected chi connectivity index (χ1v) is 6.95. The molecule has 1 aromatic rings. The van der Waals surface area contributed by atoms with Crippen LogP contribution >= 0.6 is 27.3 Å². The summed E-state index contributed by atoms with van der Waals surface area (Å²) in [5.41, 5.74) is 0. The number of hydrogen-bond acceptors (Lipinski definition) is 1. The molecule has 1 unspecified atom stereocenters. The zero-order valence-electron chi connectivity index (χ0n) is 8.13. The Hall–Kier alpha value is 0.180. The van der Waals surface area contributed by atoms with E-state index in [1.165, 1.54) is 30.6 Å². The minimum absolute atomic E-state index is 0.868. The van der Waals surface area contributed by atoms with Crippen molar-refractivity contribution in [1.82, 2.24) is 0 Å². The van der Waals surface area contributed by atoms with E-state index in [1.807, 2.05) is 11.3 Å². The predicted octanol–water partition coefficient (Wildman–Crippen LogP) is 4.49. The number of alkyl halides is 1. The molecule has 0 aromatic carbocycles. The molecule has 0 aliphatic rings. The van der Waals surface area contributed by atoms with Gasteiger partial charge < -0.3 is 0 Å². The molecule has 0 spiro atoms. The maximum absolute atomic E-state index is 3.58. The molecule has 1 atom stereocenters. The number of thiophene rings is 1. The van der Waals surface area contributed by atoms with E-state index in [9.17, 15) is 0 Å². The molecule has 2 heteroatoms. The molecule has 0 saturated heterocycles. The first-order valence-electron chi connectivity index (χ1n) is 4.95. The highest BCUT2D eigenvalue weighted by Gasteiger charge is 2.06. The summed E-state index contributed by atoms with van der Waals surface area (Å²) in [7, 11) is 0. The van der Waals surface area contributed by atoms with Crippen LogP contribution in [0.2, 0.25) is 0 Å². The van der Waals surface area contributed by atoms with Crippen LogP contribution in [0.15, 0.2) is 17.5 Å². The first-order chi connectivity index (χ1) is 6.36. The first kappa shape index (κ1) is 11.3. The Kier molecular flexibility index (Phi) is 5.72. The third-order valence-electron chi connectivity index (χ3n) is 2.29. The van der Waals surface area contributed by atoms with Crippen molar-refractivity contribution in [3.8, 4) is 0 Å². The molecule has 0 saturated carbocycles. The van der Waals surface area contributed by atoms with Gasteiger partial charge in [0, 0.05) is 10.2 Å². The fraction of sp³-hybridized carbons (Fsp3) is 0.636. The maximum atomic E-state index is 3.58. The van der Waals surface area contributed by atoms with Gasteiger partial charge >= 0.3 is 0 Å². The Morgan fingerprint density at radius 1 is 1.46 bits per heavy atom. The van der Waals surface area contributed by atoms with Gasteiger partial charge in [0.25, 0.3) is 0 Å². The van der Waals surface area contributed by atoms with E-state index in [-0.39, 0.29) is 0 Å². The van der Waals surface area contributed by atoms with Gasteiger partial charge in [-0.1, -0.05) is 35.3 Å². The smallest absolute Gasteiger partial charge is 0.00597 e. The summed E-state index contributed by atoms with van der Waals surface area (Å²) >= 11 is 5.46. The van der Waals surface area contributed by atoms with Gasteiger partial charge in [-0.25, -0.2) is 0 Å². The summed E-state index contributed by atoms with van der Waals surface area (Å²) < 4.78 is 0. The van der Waals surface area contributed by atoms with E-state index in [0.29, 0.717) is 0 Å². The minimum Gasteiger partial charge on any atom is -0.149 e. The van der Waals surface area contributed by atoms with E-state index < -0.39 is 0 Å². The zero-order chi connectivity index (χ0) is 9.52. The molecule has 0 fully saturated rings. The largest absolute Gasteiger partial charge is 0.149 e. The van der Waals surface area contributed by atoms with E-state index >= 15 is 0 Å². The molecule has 0 nitrogen and oxygen atoms in total. The van der Waals surface area contributed by atoms with Gasteiger partial charge in [-0.2, -0.15) is 0 Å². The van der Waals surface area contributed by atoms with Crippen LogP contribution in [0.4, 0.5) is 0 Å². The molecule has 0 amide bonds. The number of rotatable bonds is 6. The molecular formula is C11H17BrS. The maximum Gasteiger partial charge on any atom is 0.00597 e. The summed E-state index contributed by atoms with van der Waals surface area (Å²) in [5, 5.41) is 3.32. The lowest BCUT2D eigenvalue weighted by molar-refractivity contribution is 0.499. The standard InChI is InChI=1S/C11H17BrS/c1-2-4-10(9-12)6-7-11-5-3-8-13-11/h3,5,8,10H,2,4,6-7,9H2,1H3. The molecule has 13 heavy (non-hydrogen) atoms. The number of halogens is 1. The monoisotopic (exact) mass is 260 g/mol.